The largest absolute Gasteiger partial charge is 0.393 e. The van der Waals surface area contributed by atoms with Crippen molar-refractivity contribution in [3.63, 3.8) is 0 Å². The fourth-order valence-corrected chi connectivity index (χ4v) is 1.63. The second-order valence-corrected chi connectivity index (χ2v) is 4.46. The average molecular weight is 265 g/mol. The molecule has 3 N–H and O–H groups in total. The molecule has 0 saturated heterocycles. The summed E-state index contributed by atoms with van der Waals surface area (Å²) in [6.45, 7) is 3.67. The van der Waals surface area contributed by atoms with E-state index in [4.69, 9.17) is 18.0 Å². The van der Waals surface area contributed by atoms with Crippen LogP contribution in [0.25, 0.3) is 0 Å². The summed E-state index contributed by atoms with van der Waals surface area (Å²) < 4.78 is 0. The van der Waals surface area contributed by atoms with Gasteiger partial charge in [0.25, 0.3) is 0 Å². The van der Waals surface area contributed by atoms with Crippen LogP contribution in [0.2, 0.25) is 0 Å². The van der Waals surface area contributed by atoms with Crippen molar-refractivity contribution in [3.8, 4) is 0 Å². The predicted octanol–water partition coefficient (Wildman–Crippen LogP) is 1.89. The van der Waals surface area contributed by atoms with Crippen LogP contribution in [0.1, 0.15) is 18.9 Å². The van der Waals surface area contributed by atoms with Crippen LogP contribution in [0.4, 0.5) is 4.79 Å². The van der Waals surface area contributed by atoms with E-state index in [1.807, 2.05) is 37.3 Å². The fraction of sp³-hybridized carbons (Fsp3) is 0.385. The second-order valence-electron chi connectivity index (χ2n) is 3.94. The van der Waals surface area contributed by atoms with Gasteiger partial charge >= 0.3 is 6.03 Å². The van der Waals surface area contributed by atoms with Gasteiger partial charge in [0, 0.05) is 26.1 Å². The molecule has 0 heterocycles. The molecule has 0 aliphatic carbocycles. The molecule has 4 nitrogen and oxygen atoms in total. The highest BCUT2D eigenvalue weighted by Gasteiger charge is 2.10. The summed E-state index contributed by atoms with van der Waals surface area (Å²) in [5, 5.41) is 2.88. The van der Waals surface area contributed by atoms with Crippen molar-refractivity contribution in [1.29, 1.82) is 0 Å². The number of urea groups is 1. The zero-order valence-corrected chi connectivity index (χ0v) is 11.4. The first-order valence-corrected chi connectivity index (χ1v) is 6.39. The summed E-state index contributed by atoms with van der Waals surface area (Å²) in [7, 11) is 0. The molecule has 0 spiro atoms. The molecule has 5 heteroatoms. The molecule has 0 radical (unpaired) electrons. The number of carbonyl (C=O) groups excluding carboxylic acids is 1. The maximum absolute atomic E-state index is 11.9. The Hall–Kier alpha value is -1.62. The molecule has 2 amide bonds. The predicted molar refractivity (Wildman–Crippen MR) is 77.3 cm³/mol. The highest BCUT2D eigenvalue weighted by Crippen LogP contribution is 1.99. The summed E-state index contributed by atoms with van der Waals surface area (Å²) >= 11 is 4.81. The minimum absolute atomic E-state index is 0.0856. The maximum Gasteiger partial charge on any atom is 0.317 e. The van der Waals surface area contributed by atoms with Crippen molar-refractivity contribution < 1.29 is 4.79 Å². The zero-order valence-electron chi connectivity index (χ0n) is 10.6. The highest BCUT2D eigenvalue weighted by atomic mass is 32.1. The van der Waals surface area contributed by atoms with Gasteiger partial charge in [0.15, 0.2) is 0 Å². The normalized spacial score (nSPS) is 9.83. The minimum Gasteiger partial charge on any atom is -0.393 e. The first-order chi connectivity index (χ1) is 8.63. The van der Waals surface area contributed by atoms with Crippen LogP contribution < -0.4 is 11.1 Å². The Bertz CT molecular complexity index is 394. The molecule has 1 aromatic carbocycles. The number of nitrogens with zero attached hydrogens (tertiary/aromatic N) is 1. The number of rotatable bonds is 6. The molecule has 0 saturated carbocycles. The van der Waals surface area contributed by atoms with Crippen molar-refractivity contribution in [2.45, 2.75) is 19.9 Å². The van der Waals surface area contributed by atoms with Crippen molar-refractivity contribution in [3.05, 3.63) is 35.9 Å². The van der Waals surface area contributed by atoms with Crippen LogP contribution >= 0.6 is 12.2 Å². The minimum atomic E-state index is -0.0856. The van der Waals surface area contributed by atoms with Crippen LogP contribution in [0.5, 0.6) is 0 Å². The number of nitrogens with one attached hydrogen (secondary N) is 1. The second kappa shape index (κ2) is 7.66. The Morgan fingerprint density at radius 2 is 2.06 bits per heavy atom. The van der Waals surface area contributed by atoms with Gasteiger partial charge < -0.3 is 16.0 Å². The number of carbonyl (C=O) groups is 1. The van der Waals surface area contributed by atoms with Crippen molar-refractivity contribution in [2.75, 3.05) is 13.1 Å². The van der Waals surface area contributed by atoms with Gasteiger partial charge in [-0.2, -0.15) is 0 Å². The van der Waals surface area contributed by atoms with Gasteiger partial charge in [0.05, 0.1) is 4.99 Å². The molecule has 0 unspecified atom stereocenters. The summed E-state index contributed by atoms with van der Waals surface area (Å²) in [6, 6.07) is 9.72. The van der Waals surface area contributed by atoms with E-state index in [0.29, 0.717) is 31.0 Å². The number of amides is 2. The number of nitrogens with two attached hydrogens (primary N) is 1. The van der Waals surface area contributed by atoms with Gasteiger partial charge in [-0.05, 0) is 12.5 Å². The van der Waals surface area contributed by atoms with Crippen LogP contribution in [-0.4, -0.2) is 29.0 Å². The van der Waals surface area contributed by atoms with Crippen LogP contribution in [-0.2, 0) is 6.54 Å². The molecule has 0 aliphatic heterocycles. The molecular formula is C13H19N3OS. The smallest absolute Gasteiger partial charge is 0.317 e. The van der Waals surface area contributed by atoms with E-state index in [1.54, 1.807) is 4.90 Å². The van der Waals surface area contributed by atoms with E-state index in [2.05, 4.69) is 5.32 Å². The summed E-state index contributed by atoms with van der Waals surface area (Å²) in [4.78, 5) is 14.0. The average Bonchev–Trinajstić information content (AvgIpc) is 2.38. The Kier molecular flexibility index (Phi) is 6.14. The maximum atomic E-state index is 11.9. The molecule has 0 aromatic heterocycles. The summed E-state index contributed by atoms with van der Waals surface area (Å²) in [5.41, 5.74) is 6.51. The van der Waals surface area contributed by atoms with E-state index < -0.39 is 0 Å². The molecule has 0 fully saturated rings. The molecule has 98 valence electrons. The van der Waals surface area contributed by atoms with Gasteiger partial charge in [-0.15, -0.1) is 0 Å². The van der Waals surface area contributed by atoms with Gasteiger partial charge in [0.1, 0.15) is 0 Å². The van der Waals surface area contributed by atoms with Gasteiger partial charge in [-0.1, -0.05) is 42.5 Å². The Morgan fingerprint density at radius 3 is 2.61 bits per heavy atom. The Labute approximate surface area is 113 Å². The third-order valence-electron chi connectivity index (χ3n) is 2.58. The lowest BCUT2D eigenvalue weighted by atomic mass is 10.2. The molecular weight excluding hydrogens is 246 g/mol. The van der Waals surface area contributed by atoms with Crippen molar-refractivity contribution in [1.82, 2.24) is 10.2 Å². The van der Waals surface area contributed by atoms with Gasteiger partial charge in [-0.25, -0.2) is 4.79 Å². The number of hydrogen-bond donors (Lipinski definition) is 2. The van der Waals surface area contributed by atoms with E-state index >= 15 is 0 Å². The SMILES string of the molecule is CCN(CCC(N)=S)C(=O)NCc1ccccc1. The van der Waals surface area contributed by atoms with Crippen molar-refractivity contribution >= 4 is 23.2 Å². The molecule has 0 aliphatic rings. The number of benzene rings is 1. The summed E-state index contributed by atoms with van der Waals surface area (Å²) in [5.74, 6) is 0. The fourth-order valence-electron chi connectivity index (χ4n) is 1.53. The quantitative estimate of drug-likeness (QED) is 0.772. The lowest BCUT2D eigenvalue weighted by Crippen LogP contribution is -2.40. The van der Waals surface area contributed by atoms with E-state index in [-0.39, 0.29) is 6.03 Å². The first kappa shape index (κ1) is 14.4. The van der Waals surface area contributed by atoms with Crippen LogP contribution in [0.15, 0.2) is 30.3 Å². The molecule has 0 atom stereocenters. The number of thiocarbonyl (C=S) groups is 1. The molecule has 1 rings (SSSR count). The lowest BCUT2D eigenvalue weighted by Gasteiger charge is -2.21. The molecule has 0 bridgehead atoms. The topological polar surface area (TPSA) is 58.4 Å². The third kappa shape index (κ3) is 5.14. The van der Waals surface area contributed by atoms with E-state index in [9.17, 15) is 4.79 Å². The van der Waals surface area contributed by atoms with Crippen LogP contribution in [0.3, 0.4) is 0 Å². The Morgan fingerprint density at radius 1 is 1.39 bits per heavy atom. The Balaban J connectivity index is 2.40. The number of hydrogen-bond acceptors (Lipinski definition) is 2. The van der Waals surface area contributed by atoms with E-state index in [1.165, 1.54) is 0 Å². The zero-order chi connectivity index (χ0) is 13.4. The molecule has 18 heavy (non-hydrogen) atoms. The van der Waals surface area contributed by atoms with Gasteiger partial charge in [0.2, 0.25) is 0 Å². The monoisotopic (exact) mass is 265 g/mol. The first-order valence-electron chi connectivity index (χ1n) is 5.98. The summed E-state index contributed by atoms with van der Waals surface area (Å²) in [6.07, 6.45) is 0.557. The van der Waals surface area contributed by atoms with Gasteiger partial charge in [-0.3, -0.25) is 0 Å². The highest BCUT2D eigenvalue weighted by molar-refractivity contribution is 7.80. The van der Waals surface area contributed by atoms with E-state index in [0.717, 1.165) is 5.56 Å². The third-order valence-corrected chi connectivity index (χ3v) is 2.79. The lowest BCUT2D eigenvalue weighted by molar-refractivity contribution is 0.201. The standard InChI is InChI=1S/C13H19N3OS/c1-2-16(9-8-12(14)18)13(17)15-10-11-6-4-3-5-7-11/h3-7H,2,8-10H2,1H3,(H2,14,18)(H,15,17). The molecule has 1 aromatic rings. The van der Waals surface area contributed by atoms with Crippen LogP contribution in [0, 0.1) is 0 Å². The van der Waals surface area contributed by atoms with Crippen molar-refractivity contribution in [2.24, 2.45) is 5.73 Å².